The summed E-state index contributed by atoms with van der Waals surface area (Å²) in [5, 5.41) is 40.0. The van der Waals surface area contributed by atoms with Crippen LogP contribution in [0.25, 0.3) is 0 Å². The van der Waals surface area contributed by atoms with Gasteiger partial charge in [-0.2, -0.15) is 0 Å². The molecule has 2 aromatic carbocycles. The van der Waals surface area contributed by atoms with Crippen molar-refractivity contribution in [1.82, 2.24) is 0 Å². The van der Waals surface area contributed by atoms with Gasteiger partial charge in [0, 0.05) is 12.8 Å². The highest BCUT2D eigenvalue weighted by Gasteiger charge is 2.68. The SMILES string of the molecule is O=C(O)C(O)(C(=O)Cc1ccccc1)C(O)(C(=O)O)C(=O)Cc1ccccc1. The molecule has 8 nitrogen and oxygen atoms in total. The highest BCUT2D eigenvalue weighted by molar-refractivity contribution is 6.22. The summed E-state index contributed by atoms with van der Waals surface area (Å²) in [5.41, 5.74) is -7.20. The average Bonchev–Trinajstić information content (AvgIpc) is 2.67. The van der Waals surface area contributed by atoms with Crippen molar-refractivity contribution in [2.24, 2.45) is 0 Å². The van der Waals surface area contributed by atoms with Crippen LogP contribution in [-0.2, 0) is 32.0 Å². The number of benzene rings is 2. The Hall–Kier alpha value is -3.36. The zero-order valence-corrected chi connectivity index (χ0v) is 14.6. The Morgan fingerprint density at radius 2 is 0.893 bits per heavy atom. The van der Waals surface area contributed by atoms with E-state index in [9.17, 15) is 39.6 Å². The largest absolute Gasteiger partial charge is 0.479 e. The summed E-state index contributed by atoms with van der Waals surface area (Å²) in [7, 11) is 0. The van der Waals surface area contributed by atoms with Crippen LogP contribution in [0.15, 0.2) is 60.7 Å². The lowest BCUT2D eigenvalue weighted by Crippen LogP contribution is -2.72. The standard InChI is InChI=1S/C20H18O8/c21-15(11-13-7-3-1-4-8-13)19(27,17(23)24)20(28,18(25)26)16(22)12-14-9-5-2-6-10-14/h1-10,27-28H,11-12H2,(H,23,24)(H,25,26). The van der Waals surface area contributed by atoms with Crippen LogP contribution in [0.3, 0.4) is 0 Å². The molecule has 0 radical (unpaired) electrons. The van der Waals surface area contributed by atoms with Crippen molar-refractivity contribution in [3.63, 3.8) is 0 Å². The number of carboxylic acids is 2. The van der Waals surface area contributed by atoms with E-state index in [0.29, 0.717) is 0 Å². The van der Waals surface area contributed by atoms with E-state index in [1.54, 1.807) is 36.4 Å². The highest BCUT2D eigenvalue weighted by atomic mass is 16.5. The monoisotopic (exact) mass is 386 g/mol. The summed E-state index contributed by atoms with van der Waals surface area (Å²) in [6.45, 7) is 0. The fraction of sp³-hybridized carbons (Fsp3) is 0.200. The number of aliphatic hydroxyl groups is 2. The smallest absolute Gasteiger partial charge is 0.347 e. The molecule has 0 saturated carbocycles. The van der Waals surface area contributed by atoms with Crippen LogP contribution in [-0.4, -0.2) is 55.1 Å². The van der Waals surface area contributed by atoms with Gasteiger partial charge in [-0.15, -0.1) is 0 Å². The van der Waals surface area contributed by atoms with Crippen LogP contribution in [0, 0.1) is 0 Å². The van der Waals surface area contributed by atoms with Gasteiger partial charge in [-0.1, -0.05) is 60.7 Å². The lowest BCUT2D eigenvalue weighted by molar-refractivity contribution is -0.207. The summed E-state index contributed by atoms with van der Waals surface area (Å²) in [6.07, 6.45) is -1.39. The van der Waals surface area contributed by atoms with Gasteiger partial charge in [0.05, 0.1) is 0 Å². The Bertz CT molecular complexity index is 817. The Balaban J connectivity index is 2.47. The van der Waals surface area contributed by atoms with Crippen molar-refractivity contribution < 1.29 is 39.6 Å². The molecular weight excluding hydrogens is 368 g/mol. The first-order valence-electron chi connectivity index (χ1n) is 8.20. The van der Waals surface area contributed by atoms with E-state index in [4.69, 9.17) is 0 Å². The van der Waals surface area contributed by atoms with Gasteiger partial charge >= 0.3 is 11.9 Å². The third-order valence-corrected chi connectivity index (χ3v) is 4.36. The lowest BCUT2D eigenvalue weighted by Gasteiger charge is -2.34. The van der Waals surface area contributed by atoms with Crippen LogP contribution in [0.5, 0.6) is 0 Å². The van der Waals surface area contributed by atoms with Gasteiger partial charge in [-0.3, -0.25) is 9.59 Å². The maximum absolute atomic E-state index is 12.6. The number of carboxylic acid groups (broad SMARTS) is 2. The van der Waals surface area contributed by atoms with Gasteiger partial charge in [0.1, 0.15) is 0 Å². The molecule has 2 atom stereocenters. The quantitative estimate of drug-likeness (QED) is 0.448. The second kappa shape index (κ2) is 8.12. The fourth-order valence-corrected chi connectivity index (χ4v) is 2.77. The summed E-state index contributed by atoms with van der Waals surface area (Å²) in [4.78, 5) is 48.6. The third-order valence-electron chi connectivity index (χ3n) is 4.36. The zero-order chi connectivity index (χ0) is 20.9. The molecule has 0 fully saturated rings. The molecule has 2 rings (SSSR count). The van der Waals surface area contributed by atoms with Crippen LogP contribution < -0.4 is 0 Å². The molecule has 0 bridgehead atoms. The minimum atomic E-state index is -3.87. The predicted molar refractivity (Wildman–Crippen MR) is 95.5 cm³/mol. The summed E-state index contributed by atoms with van der Waals surface area (Å²) < 4.78 is 0. The second-order valence-electron chi connectivity index (χ2n) is 6.20. The molecule has 8 heteroatoms. The molecule has 0 spiro atoms. The summed E-state index contributed by atoms with van der Waals surface area (Å²) in [5.74, 6) is -7.73. The number of ketones is 2. The first-order chi connectivity index (χ1) is 13.1. The Morgan fingerprint density at radius 3 is 1.14 bits per heavy atom. The summed E-state index contributed by atoms with van der Waals surface area (Å²) >= 11 is 0. The number of aliphatic carboxylic acids is 2. The zero-order valence-electron chi connectivity index (χ0n) is 14.6. The van der Waals surface area contributed by atoms with Crippen molar-refractivity contribution in [3.05, 3.63) is 71.8 Å². The van der Waals surface area contributed by atoms with E-state index >= 15 is 0 Å². The van der Waals surface area contributed by atoms with E-state index in [0.717, 1.165) is 0 Å². The molecule has 0 aliphatic rings. The molecule has 0 saturated heterocycles. The molecule has 0 aliphatic heterocycles. The number of hydrogen-bond acceptors (Lipinski definition) is 6. The van der Waals surface area contributed by atoms with Crippen LogP contribution >= 0.6 is 0 Å². The fourth-order valence-electron chi connectivity index (χ4n) is 2.77. The summed E-state index contributed by atoms with van der Waals surface area (Å²) in [6, 6.07) is 15.3. The first kappa shape index (κ1) is 20.9. The van der Waals surface area contributed by atoms with Gasteiger partial charge in [-0.05, 0) is 11.1 Å². The van der Waals surface area contributed by atoms with E-state index < -0.39 is 47.5 Å². The number of carbonyl (C=O) groups excluding carboxylic acids is 2. The van der Waals surface area contributed by atoms with Crippen molar-refractivity contribution in [2.45, 2.75) is 24.0 Å². The molecule has 0 aliphatic carbocycles. The minimum absolute atomic E-state index is 0.274. The maximum Gasteiger partial charge on any atom is 0.347 e. The number of hydrogen-bond donors (Lipinski definition) is 4. The minimum Gasteiger partial charge on any atom is -0.479 e. The Morgan fingerprint density at radius 1 is 0.607 bits per heavy atom. The first-order valence-corrected chi connectivity index (χ1v) is 8.20. The molecule has 28 heavy (non-hydrogen) atoms. The number of rotatable bonds is 9. The van der Waals surface area contributed by atoms with Crippen molar-refractivity contribution >= 4 is 23.5 Å². The third kappa shape index (κ3) is 3.68. The van der Waals surface area contributed by atoms with E-state index in [-0.39, 0.29) is 11.1 Å². The normalized spacial score (nSPS) is 15.1. The van der Waals surface area contributed by atoms with Crippen LogP contribution in [0.2, 0.25) is 0 Å². The maximum atomic E-state index is 12.6. The van der Waals surface area contributed by atoms with Crippen molar-refractivity contribution in [3.8, 4) is 0 Å². The van der Waals surface area contributed by atoms with Crippen LogP contribution in [0.4, 0.5) is 0 Å². The van der Waals surface area contributed by atoms with Gasteiger partial charge in [0.2, 0.25) is 0 Å². The molecular formula is C20H18O8. The van der Waals surface area contributed by atoms with E-state index in [2.05, 4.69) is 0 Å². The van der Waals surface area contributed by atoms with E-state index in [1.807, 2.05) is 0 Å². The van der Waals surface area contributed by atoms with Crippen molar-refractivity contribution in [1.29, 1.82) is 0 Å². The molecule has 146 valence electrons. The van der Waals surface area contributed by atoms with Crippen LogP contribution in [0.1, 0.15) is 11.1 Å². The Labute approximate surface area is 159 Å². The van der Waals surface area contributed by atoms with Gasteiger partial charge < -0.3 is 20.4 Å². The van der Waals surface area contributed by atoms with E-state index in [1.165, 1.54) is 24.3 Å². The Kier molecular flexibility index (Phi) is 6.07. The molecule has 0 heterocycles. The number of carbonyl (C=O) groups is 4. The topological polar surface area (TPSA) is 149 Å². The predicted octanol–water partition coefficient (Wildman–Crippen LogP) is 0.241. The molecule has 2 aromatic rings. The van der Waals surface area contributed by atoms with Gasteiger partial charge in [-0.25, -0.2) is 9.59 Å². The highest BCUT2D eigenvalue weighted by Crippen LogP contribution is 2.29. The average molecular weight is 386 g/mol. The molecule has 0 amide bonds. The van der Waals surface area contributed by atoms with Crippen molar-refractivity contribution in [2.75, 3.05) is 0 Å². The second-order valence-corrected chi connectivity index (χ2v) is 6.20. The molecule has 0 aromatic heterocycles. The lowest BCUT2D eigenvalue weighted by atomic mass is 9.73. The number of Topliss-reactive ketones (excluding diaryl/α,β-unsaturated/α-hetero) is 2. The van der Waals surface area contributed by atoms with Gasteiger partial charge in [0.25, 0.3) is 11.2 Å². The van der Waals surface area contributed by atoms with Gasteiger partial charge in [0.15, 0.2) is 11.6 Å². The molecule has 2 unspecified atom stereocenters. The molecule has 4 N–H and O–H groups in total.